The van der Waals surface area contributed by atoms with Gasteiger partial charge in [-0.25, -0.2) is 0 Å². The van der Waals surface area contributed by atoms with Gasteiger partial charge >= 0.3 is 0 Å². The van der Waals surface area contributed by atoms with E-state index >= 15 is 0 Å². The molecule has 1 aliphatic carbocycles. The van der Waals surface area contributed by atoms with Crippen LogP contribution in [0.25, 0.3) is 0 Å². The summed E-state index contributed by atoms with van der Waals surface area (Å²) in [5.74, 6) is 1.87. The lowest BCUT2D eigenvalue weighted by atomic mass is 9.75. The Morgan fingerprint density at radius 1 is 1.17 bits per heavy atom. The number of ether oxygens (including phenoxy) is 1. The Labute approximate surface area is 108 Å². The molecule has 18 heavy (non-hydrogen) atoms. The minimum Gasteiger partial charge on any atom is -0.489 e. The Morgan fingerprint density at radius 3 is 2.67 bits per heavy atom. The van der Waals surface area contributed by atoms with E-state index in [0.717, 1.165) is 30.6 Å². The number of ketones is 1. The zero-order valence-electron chi connectivity index (χ0n) is 11.3. The first-order chi connectivity index (χ1) is 8.56. The van der Waals surface area contributed by atoms with E-state index in [-0.39, 0.29) is 12.0 Å². The normalized spacial score (nSPS) is 30.4. The van der Waals surface area contributed by atoms with Gasteiger partial charge in [-0.05, 0) is 62.3 Å². The van der Waals surface area contributed by atoms with Gasteiger partial charge in [-0.3, -0.25) is 4.79 Å². The molecule has 3 rings (SSSR count). The third kappa shape index (κ3) is 1.75. The van der Waals surface area contributed by atoms with Gasteiger partial charge < -0.3 is 4.74 Å². The third-order valence-electron chi connectivity index (χ3n) is 4.53. The van der Waals surface area contributed by atoms with Crippen LogP contribution in [0.2, 0.25) is 0 Å². The van der Waals surface area contributed by atoms with Gasteiger partial charge in [0.25, 0.3) is 0 Å². The topological polar surface area (TPSA) is 26.3 Å². The van der Waals surface area contributed by atoms with Crippen molar-refractivity contribution >= 4 is 5.78 Å². The van der Waals surface area contributed by atoms with E-state index in [2.05, 4.69) is 20.8 Å². The first-order valence-corrected chi connectivity index (χ1v) is 6.88. The highest BCUT2D eigenvalue weighted by molar-refractivity contribution is 6.02. The fourth-order valence-corrected chi connectivity index (χ4v) is 3.20. The van der Waals surface area contributed by atoms with Crippen LogP contribution in [0, 0.1) is 25.7 Å². The Kier molecular flexibility index (Phi) is 2.69. The first-order valence-electron chi connectivity index (χ1n) is 6.88. The summed E-state index contributed by atoms with van der Waals surface area (Å²) < 4.78 is 6.09. The van der Waals surface area contributed by atoms with Crippen LogP contribution in [-0.4, -0.2) is 11.9 Å². The van der Waals surface area contributed by atoms with E-state index in [0.29, 0.717) is 11.7 Å². The molecule has 2 heteroatoms. The van der Waals surface area contributed by atoms with Crippen LogP contribution >= 0.6 is 0 Å². The fourth-order valence-electron chi connectivity index (χ4n) is 3.20. The standard InChI is InChI=1S/C16H20O2/c1-9-4-5-12-14(6-9)18-15-8-11(3)10(2)7-13(15)16(12)17/h7-9,12,14H,4-6H2,1-3H3. The Morgan fingerprint density at radius 2 is 1.89 bits per heavy atom. The van der Waals surface area contributed by atoms with Crippen molar-refractivity contribution in [2.24, 2.45) is 11.8 Å². The zero-order chi connectivity index (χ0) is 12.9. The number of aryl methyl sites for hydroxylation is 2. The number of carbonyl (C=O) groups is 1. The van der Waals surface area contributed by atoms with Crippen LogP contribution in [0.15, 0.2) is 12.1 Å². The molecule has 2 nitrogen and oxygen atoms in total. The van der Waals surface area contributed by atoms with Crippen LogP contribution in [0.3, 0.4) is 0 Å². The van der Waals surface area contributed by atoms with Crippen LogP contribution in [-0.2, 0) is 0 Å². The van der Waals surface area contributed by atoms with E-state index in [1.807, 2.05) is 12.1 Å². The first kappa shape index (κ1) is 11.8. The number of hydrogen-bond donors (Lipinski definition) is 0. The minimum absolute atomic E-state index is 0.0933. The number of rotatable bonds is 0. The number of fused-ring (bicyclic) bond motifs is 2. The predicted molar refractivity (Wildman–Crippen MR) is 71.2 cm³/mol. The lowest BCUT2D eigenvalue weighted by Crippen LogP contribution is -2.41. The average Bonchev–Trinajstić information content (AvgIpc) is 2.32. The summed E-state index contributed by atoms with van der Waals surface area (Å²) in [5, 5.41) is 0. The molecule has 0 amide bonds. The molecule has 3 atom stereocenters. The van der Waals surface area contributed by atoms with E-state index in [1.165, 1.54) is 11.1 Å². The molecule has 1 heterocycles. The van der Waals surface area contributed by atoms with Crippen molar-refractivity contribution in [1.29, 1.82) is 0 Å². The molecule has 0 saturated heterocycles. The molecule has 1 aliphatic heterocycles. The molecule has 1 aromatic rings. The molecule has 96 valence electrons. The van der Waals surface area contributed by atoms with E-state index in [9.17, 15) is 4.79 Å². The molecule has 1 saturated carbocycles. The maximum absolute atomic E-state index is 12.5. The SMILES string of the molecule is Cc1cc2c(cc1C)C(=O)C1CCC(C)CC1O2. The Bertz CT molecular complexity index is 504. The zero-order valence-corrected chi connectivity index (χ0v) is 11.3. The second-order valence-electron chi connectivity index (χ2n) is 5.98. The fraction of sp³-hybridized carbons (Fsp3) is 0.562. The molecule has 0 bridgehead atoms. The van der Waals surface area contributed by atoms with E-state index in [1.54, 1.807) is 0 Å². The van der Waals surface area contributed by atoms with Gasteiger partial charge in [0.2, 0.25) is 0 Å². The molecular formula is C16H20O2. The molecule has 0 aromatic heterocycles. The molecule has 0 spiro atoms. The van der Waals surface area contributed by atoms with Gasteiger partial charge in [-0.2, -0.15) is 0 Å². The Balaban J connectivity index is 2.02. The summed E-state index contributed by atoms with van der Waals surface area (Å²) >= 11 is 0. The van der Waals surface area contributed by atoms with Gasteiger partial charge in [0.1, 0.15) is 11.9 Å². The minimum atomic E-state index is 0.0933. The van der Waals surface area contributed by atoms with Crippen molar-refractivity contribution in [3.63, 3.8) is 0 Å². The monoisotopic (exact) mass is 244 g/mol. The van der Waals surface area contributed by atoms with E-state index < -0.39 is 0 Å². The number of Topliss-reactive ketones (excluding diaryl/α,β-unsaturated/α-hetero) is 1. The van der Waals surface area contributed by atoms with Crippen LogP contribution < -0.4 is 4.74 Å². The lowest BCUT2D eigenvalue weighted by Gasteiger charge is -2.38. The smallest absolute Gasteiger partial charge is 0.173 e. The molecular weight excluding hydrogens is 224 g/mol. The summed E-state index contributed by atoms with van der Waals surface area (Å²) in [5.41, 5.74) is 3.17. The van der Waals surface area contributed by atoms with Crippen molar-refractivity contribution in [3.8, 4) is 5.75 Å². The van der Waals surface area contributed by atoms with Gasteiger partial charge in [0, 0.05) is 0 Å². The summed E-state index contributed by atoms with van der Waals surface area (Å²) in [6, 6.07) is 4.03. The van der Waals surface area contributed by atoms with Crippen molar-refractivity contribution < 1.29 is 9.53 Å². The van der Waals surface area contributed by atoms with Crippen LogP contribution in [0.5, 0.6) is 5.75 Å². The maximum atomic E-state index is 12.5. The van der Waals surface area contributed by atoms with Gasteiger partial charge in [0.05, 0.1) is 11.5 Å². The summed E-state index contributed by atoms with van der Waals surface area (Å²) in [4.78, 5) is 12.5. The summed E-state index contributed by atoms with van der Waals surface area (Å²) in [7, 11) is 0. The molecule has 0 radical (unpaired) electrons. The highest BCUT2D eigenvalue weighted by atomic mass is 16.5. The van der Waals surface area contributed by atoms with Gasteiger partial charge in [-0.1, -0.05) is 6.92 Å². The van der Waals surface area contributed by atoms with Crippen LogP contribution in [0.4, 0.5) is 0 Å². The predicted octanol–water partition coefficient (Wildman–Crippen LogP) is 3.68. The van der Waals surface area contributed by atoms with Gasteiger partial charge in [-0.15, -0.1) is 0 Å². The Hall–Kier alpha value is -1.31. The number of benzene rings is 1. The maximum Gasteiger partial charge on any atom is 0.173 e. The second kappa shape index (κ2) is 4.11. The van der Waals surface area contributed by atoms with Crippen molar-refractivity contribution in [2.75, 3.05) is 0 Å². The lowest BCUT2D eigenvalue weighted by molar-refractivity contribution is 0.0427. The molecule has 2 aliphatic rings. The van der Waals surface area contributed by atoms with Crippen molar-refractivity contribution in [3.05, 3.63) is 28.8 Å². The third-order valence-corrected chi connectivity index (χ3v) is 4.53. The number of carbonyl (C=O) groups excluding carboxylic acids is 1. The average molecular weight is 244 g/mol. The van der Waals surface area contributed by atoms with Gasteiger partial charge in [0.15, 0.2) is 5.78 Å². The largest absolute Gasteiger partial charge is 0.489 e. The number of hydrogen-bond acceptors (Lipinski definition) is 2. The summed E-state index contributed by atoms with van der Waals surface area (Å²) in [6.45, 7) is 6.37. The van der Waals surface area contributed by atoms with Crippen molar-refractivity contribution in [2.45, 2.75) is 46.1 Å². The van der Waals surface area contributed by atoms with E-state index in [4.69, 9.17) is 4.74 Å². The van der Waals surface area contributed by atoms with Crippen LogP contribution in [0.1, 0.15) is 47.7 Å². The van der Waals surface area contributed by atoms with Crippen molar-refractivity contribution in [1.82, 2.24) is 0 Å². The highest BCUT2D eigenvalue weighted by Crippen LogP contribution is 2.40. The highest BCUT2D eigenvalue weighted by Gasteiger charge is 2.40. The molecule has 1 aromatic carbocycles. The molecule has 0 N–H and O–H groups in total. The summed E-state index contributed by atoms with van der Waals surface area (Å²) in [6.07, 6.45) is 3.26. The molecule has 3 unspecified atom stereocenters. The quantitative estimate of drug-likeness (QED) is 0.696. The molecule has 1 fully saturated rings. The second-order valence-corrected chi connectivity index (χ2v) is 5.98.